The number of ether oxygens (including phenoxy) is 2. The lowest BCUT2D eigenvalue weighted by Crippen LogP contribution is -2.52. The highest BCUT2D eigenvalue weighted by Gasteiger charge is 2.32. The molecule has 1 N–H and O–H groups in total. The molecular formula is C34H41BrN2O4. The highest BCUT2D eigenvalue weighted by atomic mass is 79.9. The van der Waals surface area contributed by atoms with Crippen LogP contribution >= 0.6 is 15.9 Å². The largest absolute Gasteiger partial charge is 0.490 e. The van der Waals surface area contributed by atoms with Crippen LogP contribution in [-0.2, 0) is 29.0 Å². The van der Waals surface area contributed by atoms with Crippen LogP contribution in [0.3, 0.4) is 0 Å². The molecule has 218 valence electrons. The van der Waals surface area contributed by atoms with Gasteiger partial charge in [0.05, 0.1) is 13.2 Å². The molecule has 6 nitrogen and oxygen atoms in total. The van der Waals surface area contributed by atoms with Gasteiger partial charge in [-0.2, -0.15) is 0 Å². The molecule has 0 bridgehead atoms. The molecule has 1 fully saturated rings. The summed E-state index contributed by atoms with van der Waals surface area (Å²) in [5, 5.41) is 3.27. The Hall–Kier alpha value is -3.32. The minimum Gasteiger partial charge on any atom is -0.490 e. The van der Waals surface area contributed by atoms with Crippen LogP contribution in [-0.4, -0.2) is 42.0 Å². The zero-order valence-electron chi connectivity index (χ0n) is 24.1. The fraction of sp³-hybridized carbons (Fsp3) is 0.412. The van der Waals surface area contributed by atoms with Gasteiger partial charge in [0.1, 0.15) is 6.04 Å². The van der Waals surface area contributed by atoms with Crippen molar-refractivity contribution in [2.75, 3.05) is 13.2 Å². The maximum Gasteiger partial charge on any atom is 0.243 e. The van der Waals surface area contributed by atoms with Gasteiger partial charge in [-0.3, -0.25) is 9.59 Å². The Morgan fingerprint density at radius 1 is 0.878 bits per heavy atom. The maximum absolute atomic E-state index is 14.0. The Labute approximate surface area is 252 Å². The van der Waals surface area contributed by atoms with Crippen LogP contribution in [0.5, 0.6) is 11.5 Å². The summed E-state index contributed by atoms with van der Waals surface area (Å²) in [5.74, 6) is 1.25. The number of nitrogens with one attached hydrogen (secondary N) is 1. The first-order chi connectivity index (χ1) is 20.0. The van der Waals surface area contributed by atoms with Crippen molar-refractivity contribution in [2.45, 2.75) is 77.4 Å². The molecule has 0 saturated heterocycles. The number of amides is 2. The van der Waals surface area contributed by atoms with Gasteiger partial charge in [0.15, 0.2) is 11.5 Å². The van der Waals surface area contributed by atoms with Crippen LogP contribution in [0, 0.1) is 0 Å². The van der Waals surface area contributed by atoms with Crippen LogP contribution in [0.25, 0.3) is 0 Å². The number of carbonyl (C=O) groups is 2. The fourth-order valence-corrected chi connectivity index (χ4v) is 5.85. The van der Waals surface area contributed by atoms with Crippen molar-refractivity contribution < 1.29 is 19.1 Å². The molecular weight excluding hydrogens is 580 g/mol. The van der Waals surface area contributed by atoms with Crippen LogP contribution in [0.1, 0.15) is 62.6 Å². The van der Waals surface area contributed by atoms with E-state index in [0.29, 0.717) is 44.1 Å². The van der Waals surface area contributed by atoms with Gasteiger partial charge >= 0.3 is 0 Å². The standard InChI is InChI=1S/C34H41BrN2O4/c1-3-40-31-19-17-26(23-32(31)41-4-2)18-20-33(38)37(24-27-13-10-14-28(35)21-27)30(22-25-11-6-5-7-12-25)34(39)36-29-15-8-9-16-29/h5-7,10-14,17,19,21,23,29-30H,3-4,8-9,15-16,18,20,22,24H2,1-2H3,(H,36,39)/t30-/m1/s1. The van der Waals surface area contributed by atoms with Crippen LogP contribution in [0.4, 0.5) is 0 Å². The van der Waals surface area contributed by atoms with Gasteiger partial charge in [-0.25, -0.2) is 0 Å². The smallest absolute Gasteiger partial charge is 0.243 e. The number of benzene rings is 3. The van der Waals surface area contributed by atoms with Gasteiger partial charge in [0, 0.05) is 29.9 Å². The van der Waals surface area contributed by atoms with Crippen molar-refractivity contribution in [3.63, 3.8) is 0 Å². The Morgan fingerprint density at radius 3 is 2.29 bits per heavy atom. The summed E-state index contributed by atoms with van der Waals surface area (Å²) in [6.45, 7) is 5.31. The Balaban J connectivity index is 1.60. The Bertz CT molecular complexity index is 1280. The number of halogens is 1. The molecule has 0 spiro atoms. The lowest BCUT2D eigenvalue weighted by Gasteiger charge is -2.32. The maximum atomic E-state index is 14.0. The highest BCUT2D eigenvalue weighted by Crippen LogP contribution is 2.29. The molecule has 0 heterocycles. The van der Waals surface area contributed by atoms with Crippen LogP contribution in [0.15, 0.2) is 77.3 Å². The Morgan fingerprint density at radius 2 is 1.59 bits per heavy atom. The van der Waals surface area contributed by atoms with Crippen molar-refractivity contribution in [1.82, 2.24) is 10.2 Å². The predicted molar refractivity (Wildman–Crippen MR) is 166 cm³/mol. The third-order valence-corrected chi connectivity index (χ3v) is 7.94. The van der Waals surface area contributed by atoms with Gasteiger partial charge in [-0.1, -0.05) is 77.3 Å². The fourth-order valence-electron chi connectivity index (χ4n) is 5.40. The summed E-state index contributed by atoms with van der Waals surface area (Å²) in [5.41, 5.74) is 2.99. The monoisotopic (exact) mass is 620 g/mol. The molecule has 0 aliphatic heterocycles. The third-order valence-electron chi connectivity index (χ3n) is 7.45. The molecule has 1 aliphatic rings. The summed E-state index contributed by atoms with van der Waals surface area (Å²) in [6.07, 6.45) is 5.49. The molecule has 1 atom stereocenters. The first-order valence-electron chi connectivity index (χ1n) is 14.7. The zero-order valence-corrected chi connectivity index (χ0v) is 25.7. The average molecular weight is 622 g/mol. The van der Waals surface area contributed by atoms with Crippen molar-refractivity contribution in [2.24, 2.45) is 0 Å². The first-order valence-corrected chi connectivity index (χ1v) is 15.5. The van der Waals surface area contributed by atoms with Gasteiger partial charge in [-0.05, 0) is 74.1 Å². The minimum atomic E-state index is -0.621. The van der Waals surface area contributed by atoms with E-state index < -0.39 is 6.04 Å². The van der Waals surface area contributed by atoms with Crippen molar-refractivity contribution >= 4 is 27.7 Å². The van der Waals surface area contributed by atoms with Crippen LogP contribution in [0.2, 0.25) is 0 Å². The SMILES string of the molecule is CCOc1ccc(CCC(=O)N(Cc2cccc(Br)c2)[C@H](Cc2ccccc2)C(=O)NC2CCCC2)cc1OCC. The van der Waals surface area contributed by atoms with E-state index >= 15 is 0 Å². The van der Waals surface area contributed by atoms with E-state index in [-0.39, 0.29) is 24.3 Å². The minimum absolute atomic E-state index is 0.0562. The second-order valence-corrected chi connectivity index (χ2v) is 11.4. The van der Waals surface area contributed by atoms with E-state index in [4.69, 9.17) is 9.47 Å². The number of carbonyl (C=O) groups excluding carboxylic acids is 2. The molecule has 2 amide bonds. The second-order valence-electron chi connectivity index (χ2n) is 10.5. The average Bonchev–Trinajstić information content (AvgIpc) is 3.48. The molecule has 1 saturated carbocycles. The summed E-state index contributed by atoms with van der Waals surface area (Å²) in [6, 6.07) is 23.3. The van der Waals surface area contributed by atoms with Gasteiger partial charge in [0.25, 0.3) is 0 Å². The summed E-state index contributed by atoms with van der Waals surface area (Å²) >= 11 is 3.56. The van der Waals surface area contributed by atoms with Crippen molar-refractivity contribution in [3.8, 4) is 11.5 Å². The third kappa shape index (κ3) is 9.09. The summed E-state index contributed by atoms with van der Waals surface area (Å²) in [4.78, 5) is 29.7. The highest BCUT2D eigenvalue weighted by molar-refractivity contribution is 9.10. The van der Waals surface area contributed by atoms with Crippen molar-refractivity contribution in [3.05, 3.63) is 94.0 Å². The van der Waals surface area contributed by atoms with Gasteiger partial charge in [-0.15, -0.1) is 0 Å². The van der Waals surface area contributed by atoms with E-state index in [9.17, 15) is 9.59 Å². The van der Waals surface area contributed by atoms with E-state index in [2.05, 4.69) is 21.2 Å². The van der Waals surface area contributed by atoms with Gasteiger partial charge < -0.3 is 19.7 Å². The predicted octanol–water partition coefficient (Wildman–Crippen LogP) is 6.88. The number of hydrogen-bond donors (Lipinski definition) is 1. The molecule has 7 heteroatoms. The lowest BCUT2D eigenvalue weighted by molar-refractivity contribution is -0.141. The van der Waals surface area contributed by atoms with Crippen molar-refractivity contribution in [1.29, 1.82) is 0 Å². The summed E-state index contributed by atoms with van der Waals surface area (Å²) in [7, 11) is 0. The molecule has 3 aromatic rings. The second kappa shape index (κ2) is 15.6. The molecule has 0 radical (unpaired) electrons. The molecule has 41 heavy (non-hydrogen) atoms. The molecule has 3 aromatic carbocycles. The first kappa shape index (κ1) is 30.6. The molecule has 4 rings (SSSR count). The zero-order chi connectivity index (χ0) is 29.0. The normalized spacial score (nSPS) is 13.9. The van der Waals surface area contributed by atoms with E-state index in [0.717, 1.165) is 46.8 Å². The lowest BCUT2D eigenvalue weighted by atomic mass is 10.0. The Kier molecular flexibility index (Phi) is 11.7. The molecule has 0 unspecified atom stereocenters. The number of rotatable bonds is 14. The molecule has 0 aromatic heterocycles. The van der Waals surface area contributed by atoms with Crippen LogP contribution < -0.4 is 14.8 Å². The van der Waals surface area contributed by atoms with E-state index in [1.807, 2.05) is 86.6 Å². The summed E-state index contributed by atoms with van der Waals surface area (Å²) < 4.78 is 12.4. The number of aryl methyl sites for hydroxylation is 1. The van der Waals surface area contributed by atoms with E-state index in [1.54, 1.807) is 4.90 Å². The number of nitrogens with zero attached hydrogens (tertiary/aromatic N) is 1. The van der Waals surface area contributed by atoms with E-state index in [1.165, 1.54) is 0 Å². The van der Waals surface area contributed by atoms with Gasteiger partial charge in [0.2, 0.25) is 11.8 Å². The topological polar surface area (TPSA) is 67.9 Å². The number of hydrogen-bond acceptors (Lipinski definition) is 4. The quantitative estimate of drug-likeness (QED) is 0.213. The molecule has 1 aliphatic carbocycles.